The molecule has 0 aliphatic rings. The molecule has 0 bridgehead atoms. The van der Waals surface area contributed by atoms with Gasteiger partial charge >= 0.3 is 6.18 Å². The minimum atomic E-state index is -4.73. The van der Waals surface area contributed by atoms with Gasteiger partial charge in [-0.3, -0.25) is 5.10 Å². The number of nitriles is 2. The van der Waals surface area contributed by atoms with E-state index in [1.165, 1.54) is 0 Å². The average molecular weight is 378 g/mol. The van der Waals surface area contributed by atoms with Crippen molar-refractivity contribution in [2.24, 2.45) is 0 Å². The molecular formula is C12H4Cl2F3N5S. The predicted molar refractivity (Wildman–Crippen MR) is 79.6 cm³/mol. The lowest BCUT2D eigenvalue weighted by atomic mass is 10.1. The molecule has 0 atom stereocenters. The summed E-state index contributed by atoms with van der Waals surface area (Å²) in [5, 5.41) is 24.8. The van der Waals surface area contributed by atoms with E-state index in [0.717, 1.165) is 0 Å². The lowest BCUT2D eigenvalue weighted by Crippen LogP contribution is -2.10. The van der Waals surface area contributed by atoms with Crippen LogP contribution in [-0.4, -0.2) is 10.2 Å². The molecule has 0 saturated heterocycles. The Labute approximate surface area is 141 Å². The van der Waals surface area contributed by atoms with Gasteiger partial charge < -0.3 is 5.73 Å². The minimum absolute atomic E-state index is 0.0449. The Morgan fingerprint density at radius 3 is 2.48 bits per heavy atom. The van der Waals surface area contributed by atoms with Crippen LogP contribution in [0.1, 0.15) is 11.3 Å². The van der Waals surface area contributed by atoms with Crippen LogP contribution in [0.3, 0.4) is 0 Å². The van der Waals surface area contributed by atoms with Crippen LogP contribution in [0.25, 0.3) is 11.3 Å². The van der Waals surface area contributed by atoms with Gasteiger partial charge in [0.05, 0.1) is 31.9 Å². The van der Waals surface area contributed by atoms with Gasteiger partial charge in [0.15, 0.2) is 5.69 Å². The van der Waals surface area contributed by atoms with E-state index in [0.29, 0.717) is 17.8 Å². The molecule has 0 saturated carbocycles. The van der Waals surface area contributed by atoms with Crippen molar-refractivity contribution in [2.75, 3.05) is 5.73 Å². The van der Waals surface area contributed by atoms with Crippen molar-refractivity contribution < 1.29 is 13.2 Å². The standard InChI is InChI=1S/C12H4Cl2F3N5S/c13-5-1-4(12(15,16)17)9(20)8(14)7(5)10-11(23-3-19)6(2-18)21-22-10/h1H,20H2,(H,21,22). The number of H-pyrrole nitrogens is 1. The van der Waals surface area contributed by atoms with E-state index in [4.69, 9.17) is 39.5 Å². The Morgan fingerprint density at radius 1 is 1.30 bits per heavy atom. The fourth-order valence-electron chi connectivity index (χ4n) is 1.82. The molecule has 1 heterocycles. The van der Waals surface area contributed by atoms with Gasteiger partial charge in [0, 0.05) is 5.56 Å². The summed E-state index contributed by atoms with van der Waals surface area (Å²) in [4.78, 5) is 0.0953. The van der Waals surface area contributed by atoms with Crippen molar-refractivity contribution >= 4 is 40.7 Å². The van der Waals surface area contributed by atoms with E-state index in [1.807, 2.05) is 0 Å². The number of aromatic amines is 1. The molecule has 2 rings (SSSR count). The number of thiocyanates is 1. The zero-order chi connectivity index (χ0) is 17.4. The molecule has 23 heavy (non-hydrogen) atoms. The van der Waals surface area contributed by atoms with Gasteiger partial charge in [-0.05, 0) is 17.8 Å². The third-order valence-corrected chi connectivity index (χ3v) is 4.17. The van der Waals surface area contributed by atoms with E-state index in [9.17, 15) is 13.2 Å². The van der Waals surface area contributed by atoms with Crippen LogP contribution in [0.15, 0.2) is 11.0 Å². The summed E-state index contributed by atoms with van der Waals surface area (Å²) in [6.07, 6.45) is -4.73. The van der Waals surface area contributed by atoms with E-state index >= 15 is 0 Å². The molecule has 0 fully saturated rings. The van der Waals surface area contributed by atoms with Gasteiger partial charge in [0.2, 0.25) is 0 Å². The summed E-state index contributed by atoms with van der Waals surface area (Å²) in [6, 6.07) is 2.38. The molecule has 0 radical (unpaired) electrons. The second-order valence-electron chi connectivity index (χ2n) is 4.09. The number of halogens is 5. The quantitative estimate of drug-likeness (QED) is 0.457. The SMILES string of the molecule is N#CSc1c(C#N)n[nH]c1-c1c(Cl)cc(C(F)(F)F)c(N)c1Cl. The fraction of sp³-hybridized carbons (Fsp3) is 0.0833. The van der Waals surface area contributed by atoms with E-state index in [-0.39, 0.29) is 26.9 Å². The number of aromatic nitrogens is 2. The first-order valence-electron chi connectivity index (χ1n) is 5.61. The predicted octanol–water partition coefficient (Wildman–Crippen LogP) is 4.43. The molecule has 11 heteroatoms. The summed E-state index contributed by atoms with van der Waals surface area (Å²) in [7, 11) is 0. The second-order valence-corrected chi connectivity index (χ2v) is 5.67. The number of nitrogens with two attached hydrogens (primary N) is 1. The van der Waals surface area contributed by atoms with Gasteiger partial charge in [-0.1, -0.05) is 23.2 Å². The monoisotopic (exact) mass is 377 g/mol. The molecule has 0 unspecified atom stereocenters. The maximum Gasteiger partial charge on any atom is 0.418 e. The first kappa shape index (κ1) is 17.3. The van der Waals surface area contributed by atoms with Gasteiger partial charge in [-0.2, -0.15) is 28.8 Å². The molecule has 3 N–H and O–H groups in total. The molecule has 1 aromatic carbocycles. The van der Waals surface area contributed by atoms with Crippen molar-refractivity contribution in [3.05, 3.63) is 27.4 Å². The molecule has 0 amide bonds. The Hall–Kier alpha value is -2.07. The minimum Gasteiger partial charge on any atom is -0.397 e. The first-order chi connectivity index (χ1) is 10.7. The fourth-order valence-corrected chi connectivity index (χ4v) is 2.99. The summed E-state index contributed by atoms with van der Waals surface area (Å²) in [5.41, 5.74) is 3.44. The van der Waals surface area contributed by atoms with Crippen LogP contribution in [0.2, 0.25) is 10.0 Å². The normalized spacial score (nSPS) is 11.1. The number of hydrogen-bond donors (Lipinski definition) is 2. The highest BCUT2D eigenvalue weighted by atomic mass is 35.5. The Balaban J connectivity index is 2.77. The molecule has 0 aliphatic carbocycles. The molecule has 0 aliphatic heterocycles. The summed E-state index contributed by atoms with van der Waals surface area (Å²) in [5.74, 6) is 0. The smallest absolute Gasteiger partial charge is 0.397 e. The van der Waals surface area contributed by atoms with Crippen molar-refractivity contribution in [3.8, 4) is 22.7 Å². The van der Waals surface area contributed by atoms with Crippen LogP contribution < -0.4 is 5.73 Å². The van der Waals surface area contributed by atoms with Crippen LogP contribution in [0, 0.1) is 22.0 Å². The largest absolute Gasteiger partial charge is 0.418 e. The summed E-state index contributed by atoms with van der Waals surface area (Å²) >= 11 is 12.4. The van der Waals surface area contributed by atoms with Crippen LogP contribution in [-0.2, 0) is 6.18 Å². The van der Waals surface area contributed by atoms with Gasteiger partial charge in [-0.25, -0.2) is 0 Å². The number of nitrogens with zero attached hydrogens (tertiary/aromatic N) is 3. The van der Waals surface area contributed by atoms with E-state index in [1.54, 1.807) is 11.5 Å². The summed E-state index contributed by atoms with van der Waals surface area (Å²) in [6.45, 7) is 0. The Morgan fingerprint density at radius 2 is 1.96 bits per heavy atom. The first-order valence-corrected chi connectivity index (χ1v) is 7.19. The summed E-state index contributed by atoms with van der Waals surface area (Å²) < 4.78 is 38.7. The van der Waals surface area contributed by atoms with Gasteiger partial charge in [-0.15, -0.1) is 0 Å². The number of nitrogens with one attached hydrogen (secondary N) is 1. The van der Waals surface area contributed by atoms with Crippen molar-refractivity contribution in [2.45, 2.75) is 11.1 Å². The van der Waals surface area contributed by atoms with E-state index in [2.05, 4.69) is 10.2 Å². The van der Waals surface area contributed by atoms with Crippen LogP contribution in [0.5, 0.6) is 0 Å². The number of rotatable bonds is 2. The number of benzene rings is 1. The molecule has 2 aromatic rings. The topological polar surface area (TPSA) is 102 Å². The van der Waals surface area contributed by atoms with Crippen LogP contribution in [0.4, 0.5) is 18.9 Å². The zero-order valence-corrected chi connectivity index (χ0v) is 13.1. The second kappa shape index (κ2) is 6.20. The molecule has 0 spiro atoms. The van der Waals surface area contributed by atoms with Crippen LogP contribution >= 0.6 is 35.0 Å². The third-order valence-electron chi connectivity index (χ3n) is 2.79. The van der Waals surface area contributed by atoms with Gasteiger partial charge in [0.1, 0.15) is 11.5 Å². The number of alkyl halides is 3. The molecular weight excluding hydrogens is 374 g/mol. The average Bonchev–Trinajstić information content (AvgIpc) is 2.85. The van der Waals surface area contributed by atoms with Crippen molar-refractivity contribution in [1.82, 2.24) is 10.2 Å². The molecule has 1 aromatic heterocycles. The highest BCUT2D eigenvalue weighted by molar-refractivity contribution is 8.03. The zero-order valence-electron chi connectivity index (χ0n) is 10.8. The van der Waals surface area contributed by atoms with Gasteiger partial charge in [0.25, 0.3) is 0 Å². The maximum atomic E-state index is 12.9. The number of nitrogen functional groups attached to an aromatic ring is 1. The lowest BCUT2D eigenvalue weighted by Gasteiger charge is -2.15. The lowest BCUT2D eigenvalue weighted by molar-refractivity contribution is -0.136. The number of thioether (sulfide) groups is 1. The Bertz CT molecular complexity index is 864. The highest BCUT2D eigenvalue weighted by Gasteiger charge is 2.36. The third kappa shape index (κ3) is 3.04. The maximum absolute atomic E-state index is 12.9. The number of hydrogen-bond acceptors (Lipinski definition) is 5. The van der Waals surface area contributed by atoms with E-state index < -0.39 is 22.4 Å². The Kier molecular flexibility index (Phi) is 4.66. The highest BCUT2D eigenvalue weighted by Crippen LogP contribution is 2.47. The number of anilines is 1. The molecule has 118 valence electrons. The molecule has 5 nitrogen and oxygen atoms in total. The van der Waals surface area contributed by atoms with Crippen molar-refractivity contribution in [3.63, 3.8) is 0 Å². The van der Waals surface area contributed by atoms with Crippen molar-refractivity contribution in [1.29, 1.82) is 10.5 Å².